The molecule has 0 amide bonds. The summed E-state index contributed by atoms with van der Waals surface area (Å²) in [5.74, 6) is 0.850. The van der Waals surface area contributed by atoms with E-state index in [9.17, 15) is 8.42 Å². The Kier molecular flexibility index (Phi) is 8.07. The van der Waals surface area contributed by atoms with Gasteiger partial charge in [0.25, 0.3) is 0 Å². The number of hydrogen-bond acceptors (Lipinski definition) is 4. The second-order valence-electron chi connectivity index (χ2n) is 6.75. The van der Waals surface area contributed by atoms with Crippen LogP contribution in [0, 0.1) is 6.92 Å². The second kappa shape index (κ2) is 10.1. The van der Waals surface area contributed by atoms with E-state index in [0.717, 1.165) is 11.3 Å². The first kappa shape index (κ1) is 22.4. The Morgan fingerprint density at radius 3 is 2.57 bits per heavy atom. The van der Waals surface area contributed by atoms with E-state index in [2.05, 4.69) is 5.32 Å². The molecule has 0 aliphatic heterocycles. The first-order valence-corrected chi connectivity index (χ1v) is 10.5. The molecule has 1 aliphatic carbocycles. The molecule has 0 fully saturated rings. The summed E-state index contributed by atoms with van der Waals surface area (Å²) in [5.41, 5.74) is 0.935. The van der Waals surface area contributed by atoms with Crippen molar-refractivity contribution < 1.29 is 13.2 Å². The van der Waals surface area contributed by atoms with E-state index in [1.807, 2.05) is 55.5 Å². The Labute approximate surface area is 173 Å². The van der Waals surface area contributed by atoms with Gasteiger partial charge in [-0.25, -0.2) is 8.42 Å². The lowest BCUT2D eigenvalue weighted by Crippen LogP contribution is -2.38. The highest BCUT2D eigenvalue weighted by molar-refractivity contribution is 7.89. The zero-order chi connectivity index (χ0) is 19.3. The van der Waals surface area contributed by atoms with Gasteiger partial charge in [-0.15, -0.1) is 12.4 Å². The molecule has 0 saturated heterocycles. The average Bonchev–Trinajstić information content (AvgIpc) is 3.14. The molecule has 152 valence electrons. The summed E-state index contributed by atoms with van der Waals surface area (Å²) in [6, 6.07) is 16.7. The topological polar surface area (TPSA) is 58.6 Å². The summed E-state index contributed by atoms with van der Waals surface area (Å²) in [5, 5.41) is 3.40. The molecule has 3 rings (SSSR count). The second-order valence-corrected chi connectivity index (χ2v) is 8.75. The van der Waals surface area contributed by atoms with E-state index in [1.165, 1.54) is 4.31 Å². The standard InChI is InChI=1S/C21H26N2O3S.ClH/c1-17-7-6-10-21(15-17)27(24,25)23(2)19-12-11-18(16-19)22-13-14-26-20-8-4-3-5-9-20;/h3-12,15,18-19,22H,13-14,16H2,1-2H3;1H/t18-,19+;/m0./s1. The summed E-state index contributed by atoms with van der Waals surface area (Å²) < 4.78 is 32.8. The van der Waals surface area contributed by atoms with Crippen LogP contribution in [-0.4, -0.2) is 45.0 Å². The quantitative estimate of drug-likeness (QED) is 0.523. The minimum absolute atomic E-state index is 0. The van der Waals surface area contributed by atoms with Gasteiger partial charge < -0.3 is 10.1 Å². The summed E-state index contributed by atoms with van der Waals surface area (Å²) in [7, 11) is -1.85. The Morgan fingerprint density at radius 2 is 1.86 bits per heavy atom. The summed E-state index contributed by atoms with van der Waals surface area (Å²) in [6.07, 6.45) is 4.71. The smallest absolute Gasteiger partial charge is 0.243 e. The number of ether oxygens (including phenoxy) is 1. The van der Waals surface area contributed by atoms with Crippen LogP contribution in [0.15, 0.2) is 71.6 Å². The first-order valence-electron chi connectivity index (χ1n) is 9.11. The van der Waals surface area contributed by atoms with Crippen LogP contribution >= 0.6 is 12.4 Å². The van der Waals surface area contributed by atoms with Gasteiger partial charge in [-0.05, 0) is 43.2 Å². The predicted octanol–water partition coefficient (Wildman–Crippen LogP) is 3.40. The molecule has 0 spiro atoms. The van der Waals surface area contributed by atoms with Crippen molar-refractivity contribution in [2.45, 2.75) is 30.3 Å². The zero-order valence-electron chi connectivity index (χ0n) is 16.1. The molecule has 1 aliphatic rings. The van der Waals surface area contributed by atoms with Gasteiger partial charge >= 0.3 is 0 Å². The lowest BCUT2D eigenvalue weighted by molar-refractivity contribution is 0.305. The highest BCUT2D eigenvalue weighted by Gasteiger charge is 2.30. The number of rotatable bonds is 8. The number of likely N-dealkylation sites (N-methyl/N-ethyl adjacent to an activating group) is 1. The molecule has 0 saturated carbocycles. The molecule has 2 aromatic rings. The number of benzene rings is 2. The van der Waals surface area contributed by atoms with Crippen molar-refractivity contribution in [2.75, 3.05) is 20.2 Å². The lowest BCUT2D eigenvalue weighted by atomic mass is 10.2. The van der Waals surface area contributed by atoms with E-state index in [0.29, 0.717) is 24.5 Å². The fourth-order valence-corrected chi connectivity index (χ4v) is 4.58. The van der Waals surface area contributed by atoms with Gasteiger partial charge in [-0.3, -0.25) is 0 Å². The van der Waals surface area contributed by atoms with Crippen molar-refractivity contribution in [3.05, 3.63) is 72.3 Å². The molecule has 0 heterocycles. The van der Waals surface area contributed by atoms with Gasteiger partial charge in [0.05, 0.1) is 4.90 Å². The van der Waals surface area contributed by atoms with Crippen molar-refractivity contribution in [1.82, 2.24) is 9.62 Å². The molecule has 5 nitrogen and oxygen atoms in total. The largest absolute Gasteiger partial charge is 0.492 e. The van der Waals surface area contributed by atoms with Crippen LogP contribution in [0.25, 0.3) is 0 Å². The number of hydrogen-bond donors (Lipinski definition) is 1. The maximum atomic E-state index is 12.8. The van der Waals surface area contributed by atoms with Crippen molar-refractivity contribution in [3.63, 3.8) is 0 Å². The molecular weight excluding hydrogens is 396 g/mol. The van der Waals surface area contributed by atoms with E-state index >= 15 is 0 Å². The van der Waals surface area contributed by atoms with Crippen molar-refractivity contribution in [2.24, 2.45) is 0 Å². The van der Waals surface area contributed by atoms with Crippen LogP contribution in [0.4, 0.5) is 0 Å². The minimum atomic E-state index is -3.50. The third-order valence-electron chi connectivity index (χ3n) is 4.72. The van der Waals surface area contributed by atoms with E-state index in [1.54, 1.807) is 25.2 Å². The van der Waals surface area contributed by atoms with E-state index in [-0.39, 0.29) is 24.5 Å². The molecule has 28 heavy (non-hydrogen) atoms. The van der Waals surface area contributed by atoms with Gasteiger partial charge in [0, 0.05) is 25.7 Å². The number of aryl methyl sites for hydroxylation is 1. The monoisotopic (exact) mass is 422 g/mol. The Bertz CT molecular complexity index is 888. The fraction of sp³-hybridized carbons (Fsp3) is 0.333. The molecular formula is C21H27ClN2O3S. The molecule has 2 aromatic carbocycles. The first-order chi connectivity index (χ1) is 13.0. The Hall–Kier alpha value is -1.86. The number of halogens is 1. The van der Waals surface area contributed by atoms with Crippen LogP contribution < -0.4 is 10.1 Å². The normalized spacial score (nSPS) is 18.8. The van der Waals surface area contributed by atoms with Crippen LogP contribution in [0.1, 0.15) is 12.0 Å². The molecule has 1 N–H and O–H groups in total. The van der Waals surface area contributed by atoms with Gasteiger partial charge in [-0.2, -0.15) is 4.31 Å². The number of sulfonamides is 1. The number of nitrogens with one attached hydrogen (secondary N) is 1. The maximum absolute atomic E-state index is 12.8. The van der Waals surface area contributed by atoms with E-state index < -0.39 is 10.0 Å². The van der Waals surface area contributed by atoms with Crippen LogP contribution in [0.3, 0.4) is 0 Å². The van der Waals surface area contributed by atoms with Crippen LogP contribution in [0.2, 0.25) is 0 Å². The Morgan fingerprint density at radius 1 is 1.11 bits per heavy atom. The fourth-order valence-electron chi connectivity index (χ4n) is 3.15. The molecule has 0 aromatic heterocycles. The van der Waals surface area contributed by atoms with Crippen molar-refractivity contribution >= 4 is 22.4 Å². The average molecular weight is 423 g/mol. The summed E-state index contributed by atoms with van der Waals surface area (Å²) >= 11 is 0. The molecule has 0 bridgehead atoms. The van der Waals surface area contributed by atoms with Gasteiger partial charge in [-0.1, -0.05) is 42.5 Å². The third kappa shape index (κ3) is 5.58. The summed E-state index contributed by atoms with van der Waals surface area (Å²) in [4.78, 5) is 0.339. The van der Waals surface area contributed by atoms with E-state index in [4.69, 9.17) is 4.74 Å². The van der Waals surface area contributed by atoms with Crippen molar-refractivity contribution in [1.29, 1.82) is 0 Å². The molecule has 0 radical (unpaired) electrons. The SMILES string of the molecule is Cc1cccc(S(=O)(=O)N(C)[C@@H]2C=C[C@H](NCCOc3ccccc3)C2)c1.Cl. The summed E-state index contributed by atoms with van der Waals surface area (Å²) in [6.45, 7) is 3.16. The van der Waals surface area contributed by atoms with Gasteiger partial charge in [0.1, 0.15) is 12.4 Å². The molecule has 0 unspecified atom stereocenters. The zero-order valence-corrected chi connectivity index (χ0v) is 17.7. The predicted molar refractivity (Wildman–Crippen MR) is 115 cm³/mol. The maximum Gasteiger partial charge on any atom is 0.243 e. The Balaban J connectivity index is 0.00000280. The highest BCUT2D eigenvalue weighted by atomic mass is 35.5. The molecule has 2 atom stereocenters. The number of nitrogens with zero attached hydrogens (tertiary/aromatic N) is 1. The van der Waals surface area contributed by atoms with Gasteiger partial charge in [0.15, 0.2) is 0 Å². The van der Waals surface area contributed by atoms with Crippen LogP contribution in [-0.2, 0) is 10.0 Å². The number of para-hydroxylation sites is 1. The van der Waals surface area contributed by atoms with Crippen molar-refractivity contribution in [3.8, 4) is 5.75 Å². The minimum Gasteiger partial charge on any atom is -0.492 e. The lowest BCUT2D eigenvalue weighted by Gasteiger charge is -2.24. The van der Waals surface area contributed by atoms with Crippen LogP contribution in [0.5, 0.6) is 5.75 Å². The highest BCUT2D eigenvalue weighted by Crippen LogP contribution is 2.23. The molecule has 7 heteroatoms. The third-order valence-corrected chi connectivity index (χ3v) is 6.59. The van der Waals surface area contributed by atoms with Gasteiger partial charge in [0.2, 0.25) is 10.0 Å².